The summed E-state index contributed by atoms with van der Waals surface area (Å²) in [7, 11) is 0. The van der Waals surface area contributed by atoms with Gasteiger partial charge in [-0.25, -0.2) is 0 Å². The van der Waals surface area contributed by atoms with Crippen LogP contribution in [-0.4, -0.2) is 4.57 Å². The third kappa shape index (κ3) is 5.20. The average molecular weight is 767 g/mol. The summed E-state index contributed by atoms with van der Waals surface area (Å²) >= 11 is 0. The molecule has 3 nitrogen and oxygen atoms in total. The van der Waals surface area contributed by atoms with Gasteiger partial charge in [-0.1, -0.05) is 133 Å². The lowest BCUT2D eigenvalue weighted by molar-refractivity contribution is 0.669. The van der Waals surface area contributed by atoms with Gasteiger partial charge >= 0.3 is 0 Å². The van der Waals surface area contributed by atoms with Gasteiger partial charge in [-0.3, -0.25) is 0 Å². The van der Waals surface area contributed by atoms with E-state index in [4.69, 9.17) is 22.2 Å². The molecule has 2 atom stereocenters. The van der Waals surface area contributed by atoms with Gasteiger partial charge in [0.25, 0.3) is 0 Å². The zero-order valence-electron chi connectivity index (χ0n) is 53.9. The molecule has 0 bridgehead atoms. The minimum Gasteiger partial charge on any atom is -0.456 e. The van der Waals surface area contributed by atoms with E-state index in [9.17, 15) is 15.1 Å². The quantitative estimate of drug-likeness (QED) is 0.174. The summed E-state index contributed by atoms with van der Waals surface area (Å²) < 4.78 is 226. The molecule has 0 spiro atoms. The number of furan rings is 1. The highest BCUT2D eigenvalue weighted by atomic mass is 16.3. The topological polar surface area (TPSA) is 21.3 Å². The Bertz CT molecular complexity index is 4680. The zero-order valence-corrected chi connectivity index (χ0v) is 29.9. The van der Waals surface area contributed by atoms with Gasteiger partial charge in [0.2, 0.25) is 0 Å². The molecule has 0 saturated heterocycles. The van der Waals surface area contributed by atoms with Crippen molar-refractivity contribution >= 4 is 60.8 Å². The van der Waals surface area contributed by atoms with Crippen molar-refractivity contribution in [2.75, 3.05) is 4.90 Å². The molecule has 2 aliphatic rings. The van der Waals surface area contributed by atoms with Crippen LogP contribution in [0.25, 0.3) is 71.7 Å². The largest absolute Gasteiger partial charge is 0.456 e. The first kappa shape index (κ1) is 17.0. The number of nitrogens with zero attached hydrogens (tertiary/aromatic N) is 2. The average Bonchev–Trinajstić information content (AvgIpc) is 3.80. The van der Waals surface area contributed by atoms with E-state index in [0.29, 0.717) is 5.69 Å². The summed E-state index contributed by atoms with van der Waals surface area (Å²) in [6, 6.07) is -1.33. The molecule has 0 amide bonds. The number of benzene rings is 8. The fourth-order valence-electron chi connectivity index (χ4n) is 7.70. The fraction of sp³-hybridized carbons (Fsp3) is 0.0545. The molecule has 10 aromatic rings. The summed E-state index contributed by atoms with van der Waals surface area (Å²) in [6.45, 7) is 0. The van der Waals surface area contributed by atoms with Gasteiger partial charge in [-0.2, -0.15) is 0 Å². The second kappa shape index (κ2) is 13.1. The molecule has 274 valence electrons. The first-order chi connectivity index (χ1) is 38.7. The van der Waals surface area contributed by atoms with Crippen molar-refractivity contribution in [2.24, 2.45) is 0 Å². The maximum Gasteiger partial charge on any atom is 0.135 e. The normalized spacial score (nSPS) is 22.2. The van der Waals surface area contributed by atoms with Crippen LogP contribution in [0.1, 0.15) is 61.9 Å². The molecule has 3 heterocycles. The molecule has 0 saturated carbocycles. The lowest BCUT2D eigenvalue weighted by Crippen LogP contribution is -2.18. The fourth-order valence-corrected chi connectivity index (χ4v) is 7.70. The van der Waals surface area contributed by atoms with Crippen LogP contribution in [-0.2, 0) is 6.42 Å². The Hall–Kier alpha value is -7.36. The molecule has 3 heteroatoms. The van der Waals surface area contributed by atoms with Crippen LogP contribution in [0, 0.1) is 0 Å². The lowest BCUT2D eigenvalue weighted by atomic mass is 9.90. The molecule has 0 fully saturated rings. The third-order valence-corrected chi connectivity index (χ3v) is 10.3. The Morgan fingerprint density at radius 1 is 0.586 bits per heavy atom. The van der Waals surface area contributed by atoms with E-state index in [-0.39, 0.29) is 102 Å². The number of hydrogen-bond acceptors (Lipinski definition) is 2. The summed E-state index contributed by atoms with van der Waals surface area (Å²) in [5.41, 5.74) is -2.99. The Morgan fingerprint density at radius 3 is 2.38 bits per heavy atom. The molecule has 1 aliphatic heterocycles. The van der Waals surface area contributed by atoms with Gasteiger partial charge < -0.3 is 13.9 Å². The highest BCUT2D eigenvalue weighted by Crippen LogP contribution is 2.47. The minimum absolute atomic E-state index is 0.00251. The van der Waals surface area contributed by atoms with Crippen molar-refractivity contribution in [2.45, 2.75) is 18.7 Å². The minimum atomic E-state index is -1.44. The van der Waals surface area contributed by atoms with Gasteiger partial charge in [0.05, 0.1) is 42.6 Å². The number of para-hydroxylation sites is 4. The Morgan fingerprint density at radius 2 is 1.41 bits per heavy atom. The number of rotatable bonds is 5. The summed E-state index contributed by atoms with van der Waals surface area (Å²) in [5.74, 6) is -1.31. The number of allylic oxidation sites excluding steroid dienone is 4. The van der Waals surface area contributed by atoms with Crippen LogP contribution in [0.2, 0.25) is 0 Å². The Kier molecular flexibility index (Phi) is 3.85. The number of hydrogen-bond donors (Lipinski definition) is 0. The molecule has 8 aromatic carbocycles. The summed E-state index contributed by atoms with van der Waals surface area (Å²) in [4.78, 5) is 1.29. The zero-order chi connectivity index (χ0) is 59.0. The van der Waals surface area contributed by atoms with Crippen LogP contribution < -0.4 is 4.90 Å². The smallest absolute Gasteiger partial charge is 0.135 e. The SMILES string of the molecule is [2H]C1=CC(c2c([2H])c([2H])c([2H])c(-c3c([2H])c([2H])c4oc5c([2H])cc(N6c7cc([2H])c([2H])c([2H])c7Cc7c6cc([2H])c(-c6c([2H])c([2H])c([2H])c8c9c([2H])c([2H])c([2H])c([2H])c9n(-c9ccccc9)c68)c7[2H])c([2H])c5c4c3[2H])c2[2H])C([2H])C([2H])=C1. The molecule has 2 unspecified atom stereocenters. The summed E-state index contributed by atoms with van der Waals surface area (Å²) in [5, 5.41) is -0.988. The predicted molar refractivity (Wildman–Crippen MR) is 242 cm³/mol. The van der Waals surface area contributed by atoms with Crippen molar-refractivity contribution in [3.8, 4) is 27.9 Å². The van der Waals surface area contributed by atoms with Crippen LogP contribution >= 0.6 is 0 Å². The van der Waals surface area contributed by atoms with E-state index < -0.39 is 156 Å². The van der Waals surface area contributed by atoms with Gasteiger partial charge in [0.15, 0.2) is 0 Å². The Balaban J connectivity index is 1.15. The number of aromatic nitrogens is 1. The van der Waals surface area contributed by atoms with E-state index in [2.05, 4.69) is 0 Å². The van der Waals surface area contributed by atoms with Gasteiger partial charge in [0, 0.05) is 63.6 Å². The molecular weight excluding hydrogens is 705 g/mol. The first-order valence-electron chi connectivity index (χ1n) is 30.3. The highest BCUT2D eigenvalue weighted by Gasteiger charge is 2.26. The lowest BCUT2D eigenvalue weighted by Gasteiger charge is -2.34. The van der Waals surface area contributed by atoms with Crippen LogP contribution in [0.15, 0.2) is 204 Å². The molecule has 1 aliphatic carbocycles. The van der Waals surface area contributed by atoms with E-state index in [1.807, 2.05) is 0 Å². The standard InChI is InChI=1S/C55H38N2O/c1-3-13-36(14-4-1)37-16-11-17-38(31-37)39-26-29-53-48(34-39)49-35-44(27-30-54(49)58-53)56-50-23-9-7-15-41(50)33-42-32-40(25-28-51(42)56)45-21-12-22-47-46-20-8-10-24-52(46)57(55(45)47)43-18-5-2-6-19-43/h1-13,15-32,34-36H,14,33H2/i3D,4D,7D,8D,9D,10D,11D,12D,14D,15D,16D,17D,20D,21D,22D,24D,25D,26D,29D,30D,31D,32D,34D,35D. The molecule has 0 radical (unpaired) electrons. The maximum atomic E-state index is 10.1. The predicted octanol–water partition coefficient (Wildman–Crippen LogP) is 15.0. The highest BCUT2D eigenvalue weighted by molar-refractivity contribution is 6.14. The summed E-state index contributed by atoms with van der Waals surface area (Å²) in [6.07, 6.45) is 0.555. The Labute approximate surface area is 370 Å². The van der Waals surface area contributed by atoms with Crippen LogP contribution in [0.5, 0.6) is 0 Å². The number of fused-ring (bicyclic) bond motifs is 8. The monoisotopic (exact) mass is 766 g/mol. The second-order valence-electron chi connectivity index (χ2n) is 13.6. The van der Waals surface area contributed by atoms with Crippen LogP contribution in [0.4, 0.5) is 17.1 Å². The number of anilines is 3. The first-order valence-corrected chi connectivity index (χ1v) is 18.2. The third-order valence-electron chi connectivity index (χ3n) is 10.3. The molecule has 2 aromatic heterocycles. The molecular formula is C55H38N2O. The van der Waals surface area contributed by atoms with Crippen molar-refractivity contribution in [3.63, 3.8) is 0 Å². The van der Waals surface area contributed by atoms with Crippen molar-refractivity contribution in [3.05, 3.63) is 216 Å². The molecule has 12 rings (SSSR count). The van der Waals surface area contributed by atoms with Gasteiger partial charge in [-0.05, 0) is 106 Å². The van der Waals surface area contributed by atoms with Crippen molar-refractivity contribution in [1.82, 2.24) is 4.57 Å². The van der Waals surface area contributed by atoms with E-state index in [0.717, 1.165) is 12.1 Å². The van der Waals surface area contributed by atoms with Crippen LogP contribution in [0.3, 0.4) is 0 Å². The van der Waals surface area contributed by atoms with Gasteiger partial charge in [0.1, 0.15) is 11.2 Å². The van der Waals surface area contributed by atoms with E-state index in [1.54, 1.807) is 30.3 Å². The second-order valence-corrected chi connectivity index (χ2v) is 13.6. The maximum absolute atomic E-state index is 10.1. The molecule has 0 N–H and O–H groups in total. The van der Waals surface area contributed by atoms with E-state index >= 15 is 0 Å². The van der Waals surface area contributed by atoms with Crippen molar-refractivity contribution in [1.29, 1.82) is 0 Å². The van der Waals surface area contributed by atoms with Crippen molar-refractivity contribution < 1.29 is 37.3 Å². The van der Waals surface area contributed by atoms with Gasteiger partial charge in [-0.15, -0.1) is 0 Å². The molecule has 58 heavy (non-hydrogen) atoms. The van der Waals surface area contributed by atoms with E-state index in [1.165, 1.54) is 27.7 Å².